The van der Waals surface area contributed by atoms with E-state index in [-0.39, 0.29) is 11.3 Å². The van der Waals surface area contributed by atoms with Crippen LogP contribution in [0.5, 0.6) is 0 Å². The van der Waals surface area contributed by atoms with Gasteiger partial charge in [0.15, 0.2) is 0 Å². The van der Waals surface area contributed by atoms with E-state index in [2.05, 4.69) is 5.32 Å². The van der Waals surface area contributed by atoms with Crippen LogP contribution < -0.4 is 5.32 Å². The van der Waals surface area contributed by atoms with Gasteiger partial charge in [-0.05, 0) is 37.3 Å². The van der Waals surface area contributed by atoms with Crippen molar-refractivity contribution in [3.05, 3.63) is 69.5 Å². The van der Waals surface area contributed by atoms with Crippen molar-refractivity contribution in [3.8, 4) is 0 Å². The van der Waals surface area contributed by atoms with Gasteiger partial charge in [-0.3, -0.25) is 10.1 Å². The van der Waals surface area contributed by atoms with Crippen LogP contribution in [0.2, 0.25) is 0 Å². The van der Waals surface area contributed by atoms with Gasteiger partial charge in [0.1, 0.15) is 11.6 Å². The summed E-state index contributed by atoms with van der Waals surface area (Å²) in [6.45, 7) is 1.56. The Hall–Kier alpha value is -2.57. The normalized spacial score (nSPS) is 12.0. The van der Waals surface area contributed by atoms with Gasteiger partial charge in [-0.1, -0.05) is 0 Å². The maximum atomic E-state index is 13.6. The molecular formula is C14H11F3N2O2. The summed E-state index contributed by atoms with van der Waals surface area (Å²) in [7, 11) is 0. The Kier molecular flexibility index (Phi) is 4.11. The van der Waals surface area contributed by atoms with Crippen LogP contribution in [0.1, 0.15) is 18.5 Å². The third-order valence-electron chi connectivity index (χ3n) is 2.95. The van der Waals surface area contributed by atoms with Gasteiger partial charge in [-0.2, -0.15) is 4.39 Å². The van der Waals surface area contributed by atoms with E-state index in [0.717, 1.165) is 30.3 Å². The molecule has 21 heavy (non-hydrogen) atoms. The van der Waals surface area contributed by atoms with Crippen LogP contribution in [0.4, 0.5) is 24.5 Å². The van der Waals surface area contributed by atoms with E-state index in [1.54, 1.807) is 6.92 Å². The molecular weight excluding hydrogens is 285 g/mol. The summed E-state index contributed by atoms with van der Waals surface area (Å²) in [5.74, 6) is -2.16. The second-order valence-corrected chi connectivity index (χ2v) is 4.46. The van der Waals surface area contributed by atoms with Gasteiger partial charge in [0.05, 0.1) is 11.0 Å². The summed E-state index contributed by atoms with van der Waals surface area (Å²) in [6.07, 6.45) is 0. The molecule has 0 aliphatic carbocycles. The van der Waals surface area contributed by atoms with Gasteiger partial charge in [-0.25, -0.2) is 8.78 Å². The van der Waals surface area contributed by atoms with Crippen LogP contribution in [0.25, 0.3) is 0 Å². The van der Waals surface area contributed by atoms with Crippen molar-refractivity contribution in [1.82, 2.24) is 0 Å². The first-order valence-electron chi connectivity index (χ1n) is 6.04. The summed E-state index contributed by atoms with van der Waals surface area (Å²) in [4.78, 5) is 9.80. The Balaban J connectivity index is 2.27. The van der Waals surface area contributed by atoms with Crippen LogP contribution in [-0.2, 0) is 0 Å². The number of nitrogens with one attached hydrogen (secondary N) is 1. The molecule has 0 aliphatic rings. The molecule has 7 heteroatoms. The molecule has 0 heterocycles. The van der Waals surface area contributed by atoms with Crippen LogP contribution in [0.15, 0.2) is 36.4 Å². The number of anilines is 1. The molecule has 0 amide bonds. The first-order valence-corrected chi connectivity index (χ1v) is 6.04. The molecule has 0 saturated heterocycles. The number of halogens is 3. The lowest BCUT2D eigenvalue weighted by atomic mass is 10.1. The van der Waals surface area contributed by atoms with Crippen molar-refractivity contribution in [2.45, 2.75) is 13.0 Å². The monoisotopic (exact) mass is 296 g/mol. The Morgan fingerprint density at radius 3 is 2.43 bits per heavy atom. The van der Waals surface area contributed by atoms with E-state index in [4.69, 9.17) is 0 Å². The van der Waals surface area contributed by atoms with Crippen molar-refractivity contribution in [2.24, 2.45) is 0 Å². The van der Waals surface area contributed by atoms with Crippen LogP contribution in [0, 0.1) is 27.6 Å². The van der Waals surface area contributed by atoms with E-state index in [9.17, 15) is 23.3 Å². The third-order valence-corrected chi connectivity index (χ3v) is 2.95. The first-order chi connectivity index (χ1) is 9.88. The molecule has 110 valence electrons. The molecule has 4 nitrogen and oxygen atoms in total. The average molecular weight is 296 g/mol. The van der Waals surface area contributed by atoms with Crippen molar-refractivity contribution < 1.29 is 18.1 Å². The third kappa shape index (κ3) is 3.31. The second kappa shape index (κ2) is 5.82. The van der Waals surface area contributed by atoms with Crippen molar-refractivity contribution >= 4 is 11.4 Å². The van der Waals surface area contributed by atoms with Gasteiger partial charge in [0.2, 0.25) is 5.82 Å². The zero-order valence-electron chi connectivity index (χ0n) is 10.9. The van der Waals surface area contributed by atoms with Gasteiger partial charge >= 0.3 is 5.69 Å². The average Bonchev–Trinajstić information content (AvgIpc) is 2.43. The predicted molar refractivity (Wildman–Crippen MR) is 71.5 cm³/mol. The Morgan fingerprint density at radius 2 is 1.76 bits per heavy atom. The summed E-state index contributed by atoms with van der Waals surface area (Å²) in [5, 5.41) is 13.4. The summed E-state index contributed by atoms with van der Waals surface area (Å²) < 4.78 is 40.0. The van der Waals surface area contributed by atoms with Gasteiger partial charge in [-0.15, -0.1) is 0 Å². The van der Waals surface area contributed by atoms with Crippen molar-refractivity contribution in [2.75, 3.05) is 5.32 Å². The number of hydrogen-bond donors (Lipinski definition) is 1. The fourth-order valence-electron chi connectivity index (χ4n) is 1.92. The van der Waals surface area contributed by atoms with Gasteiger partial charge in [0.25, 0.3) is 0 Å². The number of rotatable bonds is 4. The van der Waals surface area contributed by atoms with Crippen LogP contribution in [0.3, 0.4) is 0 Å². The second-order valence-electron chi connectivity index (χ2n) is 4.46. The molecule has 0 aromatic heterocycles. The van der Waals surface area contributed by atoms with Gasteiger partial charge < -0.3 is 5.32 Å². The number of benzene rings is 2. The zero-order valence-corrected chi connectivity index (χ0v) is 10.9. The summed E-state index contributed by atoms with van der Waals surface area (Å²) in [6, 6.07) is 5.61. The molecule has 0 saturated carbocycles. The maximum absolute atomic E-state index is 13.6. The molecule has 0 spiro atoms. The minimum Gasteiger partial charge on any atom is -0.378 e. The van der Waals surface area contributed by atoms with E-state index < -0.39 is 34.1 Å². The van der Waals surface area contributed by atoms with Crippen LogP contribution >= 0.6 is 0 Å². The molecule has 0 bridgehead atoms. The quantitative estimate of drug-likeness (QED) is 0.680. The lowest BCUT2D eigenvalue weighted by Gasteiger charge is -2.16. The molecule has 1 atom stereocenters. The van der Waals surface area contributed by atoms with Gasteiger partial charge in [0, 0.05) is 17.3 Å². The molecule has 2 aromatic carbocycles. The number of nitro benzene ring substituents is 1. The Bertz CT molecular complexity index is 692. The largest absolute Gasteiger partial charge is 0.378 e. The van der Waals surface area contributed by atoms with Crippen molar-refractivity contribution in [3.63, 3.8) is 0 Å². The minimum atomic E-state index is -0.963. The molecule has 0 aliphatic heterocycles. The lowest BCUT2D eigenvalue weighted by molar-refractivity contribution is -0.387. The lowest BCUT2D eigenvalue weighted by Crippen LogP contribution is -2.09. The maximum Gasteiger partial charge on any atom is 0.306 e. The molecule has 2 rings (SSSR count). The van der Waals surface area contributed by atoms with E-state index in [1.807, 2.05) is 0 Å². The van der Waals surface area contributed by atoms with E-state index in [1.165, 1.54) is 6.07 Å². The summed E-state index contributed by atoms with van der Waals surface area (Å²) in [5.41, 5.74) is -0.381. The fraction of sp³-hybridized carbons (Fsp3) is 0.143. The van der Waals surface area contributed by atoms with E-state index in [0.29, 0.717) is 0 Å². The van der Waals surface area contributed by atoms with E-state index >= 15 is 0 Å². The minimum absolute atomic E-state index is 0.0713. The van der Waals surface area contributed by atoms with Crippen molar-refractivity contribution in [1.29, 1.82) is 0 Å². The Labute approximate surface area is 118 Å². The smallest absolute Gasteiger partial charge is 0.306 e. The first kappa shape index (κ1) is 14.8. The predicted octanol–water partition coefficient (Wildman–Crippen LogP) is 4.19. The van der Waals surface area contributed by atoms with Crippen LogP contribution in [-0.4, -0.2) is 4.92 Å². The highest BCUT2D eigenvalue weighted by atomic mass is 19.1. The number of hydrogen-bond acceptors (Lipinski definition) is 3. The Morgan fingerprint density at radius 1 is 1.10 bits per heavy atom. The fourth-order valence-corrected chi connectivity index (χ4v) is 1.92. The topological polar surface area (TPSA) is 55.2 Å². The number of nitro groups is 1. The molecule has 2 aromatic rings. The standard InChI is InChI=1S/C14H11F3N2O2/c1-8(11-6-9(15)2-4-12(11)16)18-10-3-5-13(17)14(7-10)19(20)21/h2-8,18H,1H3. The molecule has 1 unspecified atom stereocenters. The highest BCUT2D eigenvalue weighted by molar-refractivity contribution is 5.53. The molecule has 0 radical (unpaired) electrons. The number of nitrogens with zero attached hydrogens (tertiary/aromatic N) is 1. The molecule has 0 fully saturated rings. The SMILES string of the molecule is CC(Nc1ccc(F)c([N+](=O)[O-])c1)c1cc(F)ccc1F. The summed E-state index contributed by atoms with van der Waals surface area (Å²) >= 11 is 0. The highest BCUT2D eigenvalue weighted by Crippen LogP contribution is 2.26. The zero-order chi connectivity index (χ0) is 15.6. The highest BCUT2D eigenvalue weighted by Gasteiger charge is 2.17. The molecule has 1 N–H and O–H groups in total.